The Balaban J connectivity index is 1.20. The third kappa shape index (κ3) is 4.46. The van der Waals surface area contributed by atoms with E-state index in [-0.39, 0.29) is 10.8 Å². The number of hydrogen-bond acceptors (Lipinski definition) is 1. The summed E-state index contributed by atoms with van der Waals surface area (Å²) in [7, 11) is 0. The summed E-state index contributed by atoms with van der Waals surface area (Å²) < 4.78 is 0. The molecule has 0 saturated heterocycles. The molecule has 0 aliphatic heterocycles. The minimum absolute atomic E-state index is 0.0728. The molecule has 7 aromatic rings. The van der Waals surface area contributed by atoms with E-state index >= 15 is 0 Å². The van der Waals surface area contributed by atoms with Gasteiger partial charge in [-0.15, -0.1) is 0 Å². The lowest BCUT2D eigenvalue weighted by molar-refractivity contribution is 0.660. The molecule has 0 aromatic heterocycles. The molecule has 0 unspecified atom stereocenters. The molecule has 0 atom stereocenters. The number of para-hydroxylation sites is 1. The highest BCUT2D eigenvalue weighted by Crippen LogP contribution is 2.53. The molecular formula is C48H39N. The van der Waals surface area contributed by atoms with Crippen molar-refractivity contribution in [2.24, 2.45) is 0 Å². The van der Waals surface area contributed by atoms with Crippen LogP contribution in [0.25, 0.3) is 44.5 Å². The maximum Gasteiger partial charge on any atom is 0.0540 e. The van der Waals surface area contributed by atoms with E-state index in [1.54, 1.807) is 0 Å². The van der Waals surface area contributed by atoms with Crippen molar-refractivity contribution in [1.29, 1.82) is 0 Å². The summed E-state index contributed by atoms with van der Waals surface area (Å²) in [5.41, 5.74) is 19.2. The van der Waals surface area contributed by atoms with Crippen LogP contribution in [0.1, 0.15) is 49.9 Å². The van der Waals surface area contributed by atoms with Crippen LogP contribution in [0.3, 0.4) is 0 Å². The summed E-state index contributed by atoms with van der Waals surface area (Å²) in [6.45, 7) is 9.45. The Labute approximate surface area is 290 Å². The van der Waals surface area contributed by atoms with Crippen molar-refractivity contribution in [3.05, 3.63) is 186 Å². The quantitative estimate of drug-likeness (QED) is 0.183. The van der Waals surface area contributed by atoms with E-state index in [0.29, 0.717) is 0 Å². The van der Waals surface area contributed by atoms with Crippen LogP contribution < -0.4 is 4.90 Å². The lowest BCUT2D eigenvalue weighted by Gasteiger charge is -2.30. The van der Waals surface area contributed by atoms with Crippen molar-refractivity contribution in [3.8, 4) is 44.5 Å². The highest BCUT2D eigenvalue weighted by atomic mass is 15.1. The van der Waals surface area contributed by atoms with Gasteiger partial charge in [-0.3, -0.25) is 0 Å². The predicted octanol–water partition coefficient (Wildman–Crippen LogP) is 13.1. The summed E-state index contributed by atoms with van der Waals surface area (Å²) in [6.07, 6.45) is 0. The van der Waals surface area contributed by atoms with Crippen LogP contribution in [0.2, 0.25) is 0 Å². The fraction of sp³-hybridized carbons (Fsp3) is 0.125. The van der Waals surface area contributed by atoms with E-state index in [2.05, 4.69) is 196 Å². The van der Waals surface area contributed by atoms with Gasteiger partial charge in [0.15, 0.2) is 0 Å². The molecule has 9 rings (SSSR count). The van der Waals surface area contributed by atoms with Crippen LogP contribution in [0.4, 0.5) is 17.1 Å². The topological polar surface area (TPSA) is 3.24 Å². The largest absolute Gasteiger partial charge is 0.310 e. The molecule has 7 aromatic carbocycles. The summed E-state index contributed by atoms with van der Waals surface area (Å²) >= 11 is 0. The zero-order valence-corrected chi connectivity index (χ0v) is 28.5. The van der Waals surface area contributed by atoms with Crippen LogP contribution in [-0.2, 0) is 10.8 Å². The molecule has 0 saturated carbocycles. The van der Waals surface area contributed by atoms with Gasteiger partial charge in [-0.2, -0.15) is 0 Å². The first-order valence-electron chi connectivity index (χ1n) is 17.4. The lowest BCUT2D eigenvalue weighted by atomic mass is 9.79. The standard InChI is InChI=1S/C48H39N/c1-47(2)42-22-11-8-18-38(42)40-30-29-35(31-44(40)47)49(45-24-13-10-17-36(45)32-15-6-5-7-16-32)34-27-25-33(26-28-34)37-20-14-21-41-39-19-9-12-23-43(39)48(3,4)46(37)41/h5-31H,1-4H3. The van der Waals surface area contributed by atoms with Crippen molar-refractivity contribution in [2.75, 3.05) is 4.90 Å². The Morgan fingerprint density at radius 2 is 0.857 bits per heavy atom. The van der Waals surface area contributed by atoms with Crippen LogP contribution >= 0.6 is 0 Å². The van der Waals surface area contributed by atoms with Gasteiger partial charge in [0, 0.05) is 27.8 Å². The van der Waals surface area contributed by atoms with E-state index in [9.17, 15) is 0 Å². The van der Waals surface area contributed by atoms with Gasteiger partial charge in [-0.05, 0) is 91.5 Å². The van der Waals surface area contributed by atoms with E-state index in [4.69, 9.17) is 0 Å². The zero-order chi connectivity index (χ0) is 33.3. The lowest BCUT2D eigenvalue weighted by Crippen LogP contribution is -2.17. The molecule has 0 amide bonds. The monoisotopic (exact) mass is 629 g/mol. The molecule has 0 fully saturated rings. The van der Waals surface area contributed by atoms with Crippen molar-refractivity contribution >= 4 is 17.1 Å². The molecule has 0 spiro atoms. The van der Waals surface area contributed by atoms with Gasteiger partial charge in [-0.1, -0.05) is 161 Å². The molecule has 0 bridgehead atoms. The Kier molecular flexibility index (Phi) is 6.58. The fourth-order valence-electron chi connectivity index (χ4n) is 8.67. The fourth-order valence-corrected chi connectivity index (χ4v) is 8.67. The number of nitrogens with zero attached hydrogens (tertiary/aromatic N) is 1. The number of fused-ring (bicyclic) bond motifs is 6. The minimum Gasteiger partial charge on any atom is -0.310 e. The molecule has 0 N–H and O–H groups in total. The van der Waals surface area contributed by atoms with Crippen LogP contribution in [0.15, 0.2) is 164 Å². The van der Waals surface area contributed by atoms with Gasteiger partial charge in [0.1, 0.15) is 0 Å². The molecule has 49 heavy (non-hydrogen) atoms. The van der Waals surface area contributed by atoms with Crippen molar-refractivity contribution in [1.82, 2.24) is 0 Å². The summed E-state index contributed by atoms with van der Waals surface area (Å²) in [6, 6.07) is 60.4. The third-order valence-electron chi connectivity index (χ3n) is 11.1. The number of hydrogen-bond donors (Lipinski definition) is 0. The normalized spacial score (nSPS) is 14.4. The van der Waals surface area contributed by atoms with E-state index < -0.39 is 0 Å². The van der Waals surface area contributed by atoms with Gasteiger partial charge < -0.3 is 4.90 Å². The maximum absolute atomic E-state index is 2.45. The van der Waals surface area contributed by atoms with Crippen LogP contribution in [0.5, 0.6) is 0 Å². The van der Waals surface area contributed by atoms with Gasteiger partial charge in [0.05, 0.1) is 5.69 Å². The molecule has 2 aliphatic carbocycles. The average Bonchev–Trinajstić information content (AvgIpc) is 3.52. The van der Waals surface area contributed by atoms with E-state index in [1.807, 2.05) is 0 Å². The Morgan fingerprint density at radius 3 is 1.59 bits per heavy atom. The van der Waals surface area contributed by atoms with E-state index in [0.717, 1.165) is 17.1 Å². The molecule has 1 nitrogen and oxygen atoms in total. The van der Waals surface area contributed by atoms with Gasteiger partial charge in [0.25, 0.3) is 0 Å². The second kappa shape index (κ2) is 10.9. The SMILES string of the molecule is CC1(C)c2ccccc2-c2ccc(N(c3ccc(-c4cccc5c4C(C)(C)c4ccccc4-5)cc3)c3ccccc3-c3ccccc3)cc21. The molecule has 2 aliphatic rings. The first-order valence-corrected chi connectivity index (χ1v) is 17.4. The van der Waals surface area contributed by atoms with E-state index in [1.165, 1.54) is 66.8 Å². The summed E-state index contributed by atoms with van der Waals surface area (Å²) in [4.78, 5) is 2.45. The molecule has 0 heterocycles. The zero-order valence-electron chi connectivity index (χ0n) is 28.5. The second-order valence-electron chi connectivity index (χ2n) is 14.6. The van der Waals surface area contributed by atoms with Crippen LogP contribution in [-0.4, -0.2) is 0 Å². The molecule has 236 valence electrons. The number of benzene rings is 7. The Bertz CT molecular complexity index is 2380. The van der Waals surface area contributed by atoms with Gasteiger partial charge in [-0.25, -0.2) is 0 Å². The summed E-state index contributed by atoms with van der Waals surface area (Å²) in [5, 5.41) is 0. The molecule has 0 radical (unpaired) electrons. The summed E-state index contributed by atoms with van der Waals surface area (Å²) in [5.74, 6) is 0. The molecule has 1 heteroatoms. The van der Waals surface area contributed by atoms with Crippen molar-refractivity contribution in [3.63, 3.8) is 0 Å². The Hall–Kier alpha value is -5.66. The first kappa shape index (κ1) is 29.5. The van der Waals surface area contributed by atoms with Gasteiger partial charge >= 0.3 is 0 Å². The number of anilines is 3. The highest BCUT2D eigenvalue weighted by Gasteiger charge is 2.38. The second-order valence-corrected chi connectivity index (χ2v) is 14.6. The van der Waals surface area contributed by atoms with Crippen LogP contribution in [0, 0.1) is 0 Å². The average molecular weight is 630 g/mol. The predicted molar refractivity (Wildman–Crippen MR) is 207 cm³/mol. The third-order valence-corrected chi connectivity index (χ3v) is 11.1. The van der Waals surface area contributed by atoms with Crippen molar-refractivity contribution < 1.29 is 0 Å². The number of rotatable bonds is 5. The molecular weight excluding hydrogens is 591 g/mol. The highest BCUT2D eigenvalue weighted by molar-refractivity contribution is 5.92. The van der Waals surface area contributed by atoms with Crippen molar-refractivity contribution in [2.45, 2.75) is 38.5 Å². The maximum atomic E-state index is 2.45. The minimum atomic E-state index is -0.0888. The Morgan fingerprint density at radius 1 is 0.347 bits per heavy atom. The van der Waals surface area contributed by atoms with Gasteiger partial charge in [0.2, 0.25) is 0 Å². The first-order chi connectivity index (χ1) is 23.8. The smallest absolute Gasteiger partial charge is 0.0540 e.